The van der Waals surface area contributed by atoms with Gasteiger partial charge in [0, 0.05) is 13.0 Å². The fraction of sp³-hybridized carbons (Fsp3) is 0.462. The zero-order valence-electron chi connectivity index (χ0n) is 11.2. The van der Waals surface area contributed by atoms with Crippen molar-refractivity contribution in [3.63, 3.8) is 0 Å². The van der Waals surface area contributed by atoms with Gasteiger partial charge in [-0.15, -0.1) is 12.4 Å². The Morgan fingerprint density at radius 1 is 1.15 bits per heavy atom. The summed E-state index contributed by atoms with van der Waals surface area (Å²) in [7, 11) is -3.25. The van der Waals surface area contributed by atoms with Crippen LogP contribution in [0.2, 0.25) is 0 Å². The van der Waals surface area contributed by atoms with Crippen molar-refractivity contribution >= 4 is 28.2 Å². The van der Waals surface area contributed by atoms with E-state index in [4.69, 9.17) is 5.73 Å². The molecule has 5 nitrogen and oxygen atoms in total. The van der Waals surface area contributed by atoms with Crippen LogP contribution in [-0.2, 0) is 14.6 Å². The molecule has 0 radical (unpaired) electrons. The second-order valence-electron chi connectivity index (χ2n) is 4.23. The van der Waals surface area contributed by atoms with Gasteiger partial charge in [-0.3, -0.25) is 4.79 Å². The highest BCUT2D eigenvalue weighted by atomic mass is 35.5. The van der Waals surface area contributed by atoms with Crippen LogP contribution in [0.4, 0.5) is 0 Å². The molecule has 1 rings (SSSR count). The summed E-state index contributed by atoms with van der Waals surface area (Å²) in [6, 6.07) is 8.32. The van der Waals surface area contributed by atoms with E-state index in [0.717, 1.165) is 0 Å². The quantitative estimate of drug-likeness (QED) is 0.703. The number of amides is 1. The lowest BCUT2D eigenvalue weighted by molar-refractivity contribution is -0.121. The molecule has 0 saturated carbocycles. The molecule has 0 heterocycles. The summed E-state index contributed by atoms with van der Waals surface area (Å²) < 4.78 is 23.8. The molecular weight excluding hydrogens is 300 g/mol. The van der Waals surface area contributed by atoms with Crippen LogP contribution >= 0.6 is 12.4 Å². The Morgan fingerprint density at radius 2 is 1.80 bits per heavy atom. The third kappa shape index (κ3) is 6.88. The van der Waals surface area contributed by atoms with Crippen LogP contribution in [0.3, 0.4) is 0 Å². The molecule has 0 fully saturated rings. The molecule has 7 heteroatoms. The predicted molar refractivity (Wildman–Crippen MR) is 81.7 cm³/mol. The zero-order valence-corrected chi connectivity index (χ0v) is 12.9. The van der Waals surface area contributed by atoms with Gasteiger partial charge >= 0.3 is 0 Å². The zero-order chi connectivity index (χ0) is 14.1. The first-order chi connectivity index (χ1) is 9.06. The van der Waals surface area contributed by atoms with Gasteiger partial charge in [0.25, 0.3) is 0 Å². The SMILES string of the molecule is Cl.NCCCC(=O)NCCCS(=O)(=O)c1ccccc1. The smallest absolute Gasteiger partial charge is 0.220 e. The number of carbonyl (C=O) groups excluding carboxylic acids is 1. The van der Waals surface area contributed by atoms with Crippen molar-refractivity contribution < 1.29 is 13.2 Å². The molecule has 0 aromatic heterocycles. The van der Waals surface area contributed by atoms with Gasteiger partial charge in [0.05, 0.1) is 10.6 Å². The lowest BCUT2D eigenvalue weighted by atomic mass is 10.3. The number of benzene rings is 1. The number of carbonyl (C=O) groups is 1. The third-order valence-corrected chi connectivity index (χ3v) is 4.44. The molecule has 1 amide bonds. The number of rotatable bonds is 8. The number of nitrogens with one attached hydrogen (secondary N) is 1. The van der Waals surface area contributed by atoms with Crippen LogP contribution in [0.25, 0.3) is 0 Å². The standard InChI is InChI=1S/C13H20N2O3S.ClH/c14-9-4-8-13(16)15-10-5-11-19(17,18)12-6-2-1-3-7-12;/h1-3,6-7H,4-5,8-11,14H2,(H,15,16);1H. The van der Waals surface area contributed by atoms with Gasteiger partial charge in [-0.25, -0.2) is 8.42 Å². The van der Waals surface area contributed by atoms with Crippen LogP contribution < -0.4 is 11.1 Å². The molecule has 114 valence electrons. The summed E-state index contributed by atoms with van der Waals surface area (Å²) in [5.74, 6) is -0.0451. The Morgan fingerprint density at radius 3 is 2.40 bits per heavy atom. The van der Waals surface area contributed by atoms with Crippen molar-refractivity contribution in [3.8, 4) is 0 Å². The van der Waals surface area contributed by atoms with Crippen LogP contribution in [0.1, 0.15) is 19.3 Å². The summed E-state index contributed by atoms with van der Waals surface area (Å²) in [6.07, 6.45) is 1.45. The van der Waals surface area contributed by atoms with Gasteiger partial charge in [-0.2, -0.15) is 0 Å². The van der Waals surface area contributed by atoms with E-state index in [2.05, 4.69) is 5.32 Å². The first-order valence-electron chi connectivity index (χ1n) is 6.31. The van der Waals surface area contributed by atoms with Crippen LogP contribution in [0.5, 0.6) is 0 Å². The van der Waals surface area contributed by atoms with E-state index >= 15 is 0 Å². The third-order valence-electron chi connectivity index (χ3n) is 2.62. The highest BCUT2D eigenvalue weighted by molar-refractivity contribution is 7.91. The highest BCUT2D eigenvalue weighted by Gasteiger charge is 2.13. The molecule has 3 N–H and O–H groups in total. The van der Waals surface area contributed by atoms with E-state index in [1.165, 1.54) is 0 Å². The molecular formula is C13H21ClN2O3S. The lowest BCUT2D eigenvalue weighted by Gasteiger charge is -2.06. The van der Waals surface area contributed by atoms with Gasteiger partial charge < -0.3 is 11.1 Å². The van der Waals surface area contributed by atoms with Gasteiger partial charge in [-0.05, 0) is 31.5 Å². The van der Waals surface area contributed by atoms with Crippen molar-refractivity contribution in [2.24, 2.45) is 5.73 Å². The maximum absolute atomic E-state index is 11.9. The molecule has 0 aliphatic rings. The maximum atomic E-state index is 11.9. The average molecular weight is 321 g/mol. The molecule has 1 aromatic carbocycles. The second kappa shape index (κ2) is 9.74. The predicted octanol–water partition coefficient (Wildman–Crippen LogP) is 1.13. The summed E-state index contributed by atoms with van der Waals surface area (Å²) in [5, 5.41) is 2.68. The normalized spacial score (nSPS) is 10.7. The molecule has 0 aliphatic carbocycles. The highest BCUT2D eigenvalue weighted by Crippen LogP contribution is 2.10. The molecule has 0 unspecified atom stereocenters. The monoisotopic (exact) mass is 320 g/mol. The molecule has 1 aromatic rings. The second-order valence-corrected chi connectivity index (χ2v) is 6.34. The molecule has 0 bridgehead atoms. The van der Waals surface area contributed by atoms with E-state index in [9.17, 15) is 13.2 Å². The van der Waals surface area contributed by atoms with Gasteiger partial charge in [0.2, 0.25) is 5.91 Å². The number of hydrogen-bond acceptors (Lipinski definition) is 4. The van der Waals surface area contributed by atoms with E-state index in [-0.39, 0.29) is 24.1 Å². The molecule has 0 aliphatic heterocycles. The Kier molecular flexibility index (Phi) is 9.20. The first-order valence-corrected chi connectivity index (χ1v) is 7.96. The van der Waals surface area contributed by atoms with Crippen LogP contribution in [-0.4, -0.2) is 33.2 Å². The van der Waals surface area contributed by atoms with Gasteiger partial charge in [-0.1, -0.05) is 18.2 Å². The Bertz CT molecular complexity index is 492. The number of nitrogens with two attached hydrogens (primary N) is 1. The first kappa shape index (κ1) is 18.9. The maximum Gasteiger partial charge on any atom is 0.220 e. The summed E-state index contributed by atoms with van der Waals surface area (Å²) in [4.78, 5) is 11.6. The molecule has 0 atom stereocenters. The van der Waals surface area contributed by atoms with Crippen molar-refractivity contribution in [3.05, 3.63) is 30.3 Å². The van der Waals surface area contributed by atoms with Crippen molar-refractivity contribution in [2.75, 3.05) is 18.8 Å². The minimum Gasteiger partial charge on any atom is -0.356 e. The average Bonchev–Trinajstić information content (AvgIpc) is 2.42. The number of sulfone groups is 1. The van der Waals surface area contributed by atoms with Crippen molar-refractivity contribution in [1.82, 2.24) is 5.32 Å². The lowest BCUT2D eigenvalue weighted by Crippen LogP contribution is -2.26. The number of halogens is 1. The van der Waals surface area contributed by atoms with E-state index < -0.39 is 9.84 Å². The Hall–Kier alpha value is -1.11. The van der Waals surface area contributed by atoms with Crippen LogP contribution in [0, 0.1) is 0 Å². The Labute approximate surface area is 126 Å². The van der Waals surface area contributed by atoms with E-state index in [0.29, 0.717) is 37.2 Å². The minimum absolute atomic E-state index is 0. The molecule has 0 saturated heterocycles. The van der Waals surface area contributed by atoms with Crippen molar-refractivity contribution in [1.29, 1.82) is 0 Å². The summed E-state index contributed by atoms with van der Waals surface area (Å²) >= 11 is 0. The largest absolute Gasteiger partial charge is 0.356 e. The van der Waals surface area contributed by atoms with E-state index in [1.54, 1.807) is 30.3 Å². The van der Waals surface area contributed by atoms with Gasteiger partial charge in [0.15, 0.2) is 9.84 Å². The summed E-state index contributed by atoms with van der Waals surface area (Å²) in [5.41, 5.74) is 5.29. The van der Waals surface area contributed by atoms with Crippen LogP contribution in [0.15, 0.2) is 35.2 Å². The molecule has 20 heavy (non-hydrogen) atoms. The fourth-order valence-corrected chi connectivity index (χ4v) is 2.92. The van der Waals surface area contributed by atoms with Gasteiger partial charge in [0.1, 0.15) is 0 Å². The summed E-state index contributed by atoms with van der Waals surface area (Å²) in [6.45, 7) is 0.852. The van der Waals surface area contributed by atoms with Crippen molar-refractivity contribution in [2.45, 2.75) is 24.2 Å². The van der Waals surface area contributed by atoms with E-state index in [1.807, 2.05) is 0 Å². The number of hydrogen-bond donors (Lipinski definition) is 2. The minimum atomic E-state index is -3.25. The molecule has 0 spiro atoms. The Balaban J connectivity index is 0.00000361. The topological polar surface area (TPSA) is 89.3 Å². The fourth-order valence-electron chi connectivity index (χ4n) is 1.59.